The topological polar surface area (TPSA) is 112 Å². The summed E-state index contributed by atoms with van der Waals surface area (Å²) in [4.78, 5) is 46.1. The molecule has 2 aromatic rings. The first-order chi connectivity index (χ1) is 17.8. The van der Waals surface area contributed by atoms with Crippen LogP contribution in [0.15, 0.2) is 42.4 Å². The molecule has 1 saturated heterocycles. The number of alkyl halides is 1. The SMILES string of the molecule is C=C[C@H](NC(=O)[C@@H]1CC(O)CN1C(=O)[C@@H](NC(=O)C1(F)CC1)C(C)(C)C)c1ccc(-c2scnc2C)cc1. The van der Waals surface area contributed by atoms with Gasteiger partial charge in [0.25, 0.3) is 5.91 Å². The Kier molecular flexibility index (Phi) is 7.76. The molecule has 2 aliphatic rings. The van der Waals surface area contributed by atoms with Crippen molar-refractivity contribution >= 4 is 29.1 Å². The van der Waals surface area contributed by atoms with Crippen molar-refractivity contribution < 1.29 is 23.9 Å². The summed E-state index contributed by atoms with van der Waals surface area (Å²) in [6, 6.07) is 5.21. The predicted octanol–water partition coefficient (Wildman–Crippen LogP) is 3.46. The predicted molar refractivity (Wildman–Crippen MR) is 144 cm³/mol. The number of β-amino-alcohol motifs (C(OH)–C–C–N with tert-alkyl or cyclic N) is 1. The molecular formula is C28H35FN4O4S. The lowest BCUT2D eigenvalue weighted by Crippen LogP contribution is -2.59. The number of hydrogen-bond donors (Lipinski definition) is 3. The van der Waals surface area contributed by atoms with Crippen molar-refractivity contribution in [3.8, 4) is 10.4 Å². The van der Waals surface area contributed by atoms with Crippen LogP contribution >= 0.6 is 11.3 Å². The first-order valence-corrected chi connectivity index (χ1v) is 13.6. The summed E-state index contributed by atoms with van der Waals surface area (Å²) in [5.41, 5.74) is 1.91. The maximum Gasteiger partial charge on any atom is 0.258 e. The van der Waals surface area contributed by atoms with Gasteiger partial charge in [0.05, 0.1) is 28.2 Å². The number of aliphatic hydroxyl groups excluding tert-OH is 1. The van der Waals surface area contributed by atoms with Crippen LogP contribution in [0.2, 0.25) is 0 Å². The van der Waals surface area contributed by atoms with Crippen molar-refractivity contribution in [1.82, 2.24) is 20.5 Å². The van der Waals surface area contributed by atoms with Crippen LogP contribution < -0.4 is 10.6 Å². The Morgan fingerprint density at radius 1 is 1.24 bits per heavy atom. The summed E-state index contributed by atoms with van der Waals surface area (Å²) >= 11 is 1.56. The average Bonchev–Trinajstić information content (AvgIpc) is 3.28. The zero-order valence-electron chi connectivity index (χ0n) is 22.2. The number of thiazole rings is 1. The molecule has 1 aliphatic heterocycles. The minimum Gasteiger partial charge on any atom is -0.391 e. The summed E-state index contributed by atoms with van der Waals surface area (Å²) in [7, 11) is 0. The number of benzene rings is 1. The Labute approximate surface area is 226 Å². The molecule has 0 spiro atoms. The van der Waals surface area contributed by atoms with Gasteiger partial charge in [0.2, 0.25) is 11.8 Å². The van der Waals surface area contributed by atoms with Crippen LogP contribution in [0.25, 0.3) is 10.4 Å². The second-order valence-electron chi connectivity index (χ2n) is 11.2. The fraction of sp³-hybridized carbons (Fsp3) is 0.500. The maximum atomic E-state index is 14.4. The monoisotopic (exact) mass is 542 g/mol. The molecule has 204 valence electrons. The van der Waals surface area contributed by atoms with Gasteiger partial charge in [-0.1, -0.05) is 51.1 Å². The van der Waals surface area contributed by atoms with Gasteiger partial charge in [-0.25, -0.2) is 9.37 Å². The molecule has 3 N–H and O–H groups in total. The van der Waals surface area contributed by atoms with E-state index < -0.39 is 53.0 Å². The molecule has 0 radical (unpaired) electrons. The molecule has 1 aliphatic carbocycles. The van der Waals surface area contributed by atoms with E-state index in [4.69, 9.17) is 0 Å². The smallest absolute Gasteiger partial charge is 0.258 e. The lowest BCUT2D eigenvalue weighted by molar-refractivity contribution is -0.145. The minimum atomic E-state index is -1.93. The number of carbonyl (C=O) groups excluding carboxylic acids is 3. The molecule has 1 aromatic heterocycles. The number of halogens is 1. The number of nitrogens with zero attached hydrogens (tertiary/aromatic N) is 2. The molecule has 1 saturated carbocycles. The lowest BCUT2D eigenvalue weighted by atomic mass is 9.85. The zero-order chi connectivity index (χ0) is 27.8. The van der Waals surface area contributed by atoms with E-state index in [2.05, 4.69) is 22.2 Å². The first-order valence-electron chi connectivity index (χ1n) is 12.8. The van der Waals surface area contributed by atoms with Gasteiger partial charge in [-0.2, -0.15) is 0 Å². The van der Waals surface area contributed by atoms with Gasteiger partial charge in [-0.3, -0.25) is 14.4 Å². The molecule has 2 heterocycles. The van der Waals surface area contributed by atoms with Crippen molar-refractivity contribution in [1.29, 1.82) is 0 Å². The molecule has 10 heteroatoms. The summed E-state index contributed by atoms with van der Waals surface area (Å²) in [6.45, 7) is 11.0. The number of aryl methyl sites for hydroxylation is 1. The second-order valence-corrected chi connectivity index (χ2v) is 12.1. The second kappa shape index (κ2) is 10.6. The average molecular weight is 543 g/mol. The normalized spacial score (nSPS) is 21.9. The molecule has 38 heavy (non-hydrogen) atoms. The Balaban J connectivity index is 1.49. The number of carbonyl (C=O) groups is 3. The van der Waals surface area contributed by atoms with E-state index in [0.29, 0.717) is 0 Å². The highest BCUT2D eigenvalue weighted by Gasteiger charge is 2.53. The Morgan fingerprint density at radius 3 is 2.42 bits per heavy atom. The number of nitrogens with one attached hydrogen (secondary N) is 2. The Bertz CT molecular complexity index is 1220. The molecule has 1 unspecified atom stereocenters. The van der Waals surface area contributed by atoms with Crippen LogP contribution in [-0.2, 0) is 14.4 Å². The Morgan fingerprint density at radius 2 is 1.89 bits per heavy atom. The van der Waals surface area contributed by atoms with Crippen LogP contribution in [0.3, 0.4) is 0 Å². The standard InChI is InChI=1S/C28H35FN4O4S/c1-6-20(17-7-9-18(10-8-17)22-16(2)30-15-38-22)31-24(35)21-13-19(34)14-33(21)25(36)23(27(3,4)5)32-26(37)28(29)11-12-28/h6-10,15,19-21,23,34H,1,11-14H2,2-5H3,(H,31,35)(H,32,37)/t19?,20-,21-,23+/m0/s1. The van der Waals surface area contributed by atoms with Crippen LogP contribution in [0.5, 0.6) is 0 Å². The third-order valence-electron chi connectivity index (χ3n) is 7.16. The molecule has 0 bridgehead atoms. The molecule has 1 aromatic carbocycles. The van der Waals surface area contributed by atoms with E-state index in [1.54, 1.807) is 43.7 Å². The van der Waals surface area contributed by atoms with Gasteiger partial charge < -0.3 is 20.6 Å². The largest absolute Gasteiger partial charge is 0.391 e. The minimum absolute atomic E-state index is 0.0538. The zero-order valence-corrected chi connectivity index (χ0v) is 23.0. The number of amides is 3. The van der Waals surface area contributed by atoms with Gasteiger partial charge in [0.15, 0.2) is 5.67 Å². The van der Waals surface area contributed by atoms with Gasteiger partial charge in [0.1, 0.15) is 12.1 Å². The highest BCUT2D eigenvalue weighted by molar-refractivity contribution is 7.13. The molecule has 8 nitrogen and oxygen atoms in total. The molecular weight excluding hydrogens is 507 g/mol. The van der Waals surface area contributed by atoms with Crippen LogP contribution in [0.4, 0.5) is 4.39 Å². The van der Waals surface area contributed by atoms with E-state index >= 15 is 0 Å². The molecule has 3 amide bonds. The van der Waals surface area contributed by atoms with E-state index in [0.717, 1.165) is 21.7 Å². The van der Waals surface area contributed by atoms with Gasteiger partial charge >= 0.3 is 0 Å². The number of hydrogen-bond acceptors (Lipinski definition) is 6. The van der Waals surface area contributed by atoms with Crippen molar-refractivity contribution in [3.05, 3.63) is 53.7 Å². The van der Waals surface area contributed by atoms with Crippen molar-refractivity contribution in [3.63, 3.8) is 0 Å². The quantitative estimate of drug-likeness (QED) is 0.443. The van der Waals surface area contributed by atoms with E-state index in [9.17, 15) is 23.9 Å². The van der Waals surface area contributed by atoms with E-state index in [1.165, 1.54) is 4.90 Å². The third-order valence-corrected chi connectivity index (χ3v) is 8.14. The van der Waals surface area contributed by atoms with E-state index in [1.807, 2.05) is 31.2 Å². The highest BCUT2D eigenvalue weighted by Crippen LogP contribution is 2.40. The van der Waals surface area contributed by atoms with Crippen molar-refractivity contribution in [2.45, 2.75) is 76.9 Å². The van der Waals surface area contributed by atoms with Crippen LogP contribution in [0.1, 0.15) is 57.3 Å². The number of aliphatic hydroxyl groups is 1. The molecule has 4 rings (SSSR count). The van der Waals surface area contributed by atoms with E-state index in [-0.39, 0.29) is 25.8 Å². The number of likely N-dealkylation sites (tertiary alicyclic amines) is 1. The first kappa shape index (κ1) is 27.9. The number of aromatic nitrogens is 1. The van der Waals surface area contributed by atoms with Gasteiger partial charge in [-0.15, -0.1) is 17.9 Å². The van der Waals surface area contributed by atoms with Crippen molar-refractivity contribution in [2.24, 2.45) is 5.41 Å². The maximum absolute atomic E-state index is 14.4. The Hall–Kier alpha value is -3.11. The van der Waals surface area contributed by atoms with Crippen LogP contribution in [0, 0.1) is 12.3 Å². The van der Waals surface area contributed by atoms with Crippen LogP contribution in [-0.4, -0.2) is 63.1 Å². The lowest BCUT2D eigenvalue weighted by Gasteiger charge is -2.35. The summed E-state index contributed by atoms with van der Waals surface area (Å²) < 4.78 is 14.4. The fourth-order valence-electron chi connectivity index (χ4n) is 4.67. The van der Waals surface area contributed by atoms with Gasteiger partial charge in [-0.05, 0) is 36.3 Å². The summed E-state index contributed by atoms with van der Waals surface area (Å²) in [6.07, 6.45) is 1.03. The fourth-order valence-corrected chi connectivity index (χ4v) is 5.48. The highest BCUT2D eigenvalue weighted by atomic mass is 32.1. The summed E-state index contributed by atoms with van der Waals surface area (Å²) in [5, 5.41) is 15.9. The molecule has 4 atom stereocenters. The third kappa shape index (κ3) is 5.81. The summed E-state index contributed by atoms with van der Waals surface area (Å²) in [5.74, 6) is -1.77. The number of rotatable bonds is 8. The van der Waals surface area contributed by atoms with Gasteiger partial charge in [0, 0.05) is 13.0 Å². The molecule has 2 fully saturated rings. The van der Waals surface area contributed by atoms with Crippen molar-refractivity contribution in [2.75, 3.05) is 6.54 Å².